The first-order valence-electron chi connectivity index (χ1n) is 8.76. The number of aromatic nitrogens is 2. The highest BCUT2D eigenvalue weighted by molar-refractivity contribution is 6.07. The van der Waals surface area contributed by atoms with Crippen LogP contribution in [-0.2, 0) is 14.3 Å². The zero-order valence-electron chi connectivity index (χ0n) is 14.6. The van der Waals surface area contributed by atoms with Gasteiger partial charge in [0.2, 0.25) is 17.8 Å². The highest BCUT2D eigenvalue weighted by atomic mass is 16.5. The number of carbonyl (C=O) groups is 2. The van der Waals surface area contributed by atoms with Gasteiger partial charge in [-0.1, -0.05) is 0 Å². The highest BCUT2D eigenvalue weighted by Gasteiger charge is 2.58. The molecular weight excluding hydrogens is 322 g/mol. The number of carbonyl (C=O) groups excluding carboxylic acids is 2. The number of hydrogen-bond donors (Lipinski definition) is 1. The number of amides is 2. The zero-order chi connectivity index (χ0) is 17.7. The van der Waals surface area contributed by atoms with Crippen molar-refractivity contribution in [3.8, 4) is 0 Å². The number of piperazine rings is 1. The van der Waals surface area contributed by atoms with E-state index in [1.54, 1.807) is 30.5 Å². The van der Waals surface area contributed by atoms with Gasteiger partial charge in [-0.2, -0.15) is 0 Å². The molecular formula is C17H25N5O3. The number of rotatable bonds is 7. The van der Waals surface area contributed by atoms with Crippen LogP contribution in [0.25, 0.3) is 0 Å². The Labute approximate surface area is 147 Å². The molecule has 8 nitrogen and oxygen atoms in total. The number of ether oxygens (including phenoxy) is 1. The molecule has 1 saturated heterocycles. The predicted octanol–water partition coefficient (Wildman–Crippen LogP) is 0.0581. The zero-order valence-corrected chi connectivity index (χ0v) is 14.6. The minimum Gasteiger partial charge on any atom is -0.385 e. The molecule has 1 aliphatic carbocycles. The van der Waals surface area contributed by atoms with Gasteiger partial charge >= 0.3 is 0 Å². The molecule has 2 aliphatic rings. The van der Waals surface area contributed by atoms with E-state index in [-0.39, 0.29) is 11.8 Å². The van der Waals surface area contributed by atoms with Crippen molar-refractivity contribution in [2.24, 2.45) is 5.41 Å². The minimum absolute atomic E-state index is 0.0367. The predicted molar refractivity (Wildman–Crippen MR) is 92.0 cm³/mol. The Hall–Kier alpha value is -2.22. The van der Waals surface area contributed by atoms with E-state index in [1.807, 2.05) is 0 Å². The van der Waals surface area contributed by atoms with E-state index in [1.165, 1.54) is 0 Å². The summed E-state index contributed by atoms with van der Waals surface area (Å²) in [5.74, 6) is 0.513. The summed E-state index contributed by atoms with van der Waals surface area (Å²) >= 11 is 0. The molecule has 25 heavy (non-hydrogen) atoms. The maximum atomic E-state index is 12.8. The Morgan fingerprint density at radius 2 is 1.88 bits per heavy atom. The van der Waals surface area contributed by atoms with Crippen molar-refractivity contribution in [1.82, 2.24) is 20.2 Å². The van der Waals surface area contributed by atoms with E-state index in [9.17, 15) is 9.59 Å². The molecule has 1 aromatic heterocycles. The molecule has 2 fully saturated rings. The molecule has 0 radical (unpaired) electrons. The van der Waals surface area contributed by atoms with Crippen LogP contribution in [0.3, 0.4) is 0 Å². The molecule has 0 bridgehead atoms. The summed E-state index contributed by atoms with van der Waals surface area (Å²) in [5.41, 5.74) is -0.835. The molecule has 8 heteroatoms. The molecule has 0 aromatic carbocycles. The van der Waals surface area contributed by atoms with Gasteiger partial charge in [0.15, 0.2) is 0 Å². The van der Waals surface area contributed by atoms with E-state index in [0.717, 1.165) is 6.42 Å². The summed E-state index contributed by atoms with van der Waals surface area (Å²) in [6, 6.07) is 1.78. The van der Waals surface area contributed by atoms with Crippen molar-refractivity contribution in [3.63, 3.8) is 0 Å². The van der Waals surface area contributed by atoms with Crippen LogP contribution in [0.4, 0.5) is 5.95 Å². The van der Waals surface area contributed by atoms with Crippen LogP contribution >= 0.6 is 0 Å². The van der Waals surface area contributed by atoms with Crippen LogP contribution in [0, 0.1) is 5.41 Å². The molecule has 2 amide bonds. The Bertz CT molecular complexity index is 598. The second-order valence-corrected chi connectivity index (χ2v) is 6.51. The van der Waals surface area contributed by atoms with Crippen molar-refractivity contribution >= 4 is 17.8 Å². The fourth-order valence-electron chi connectivity index (χ4n) is 3.12. The molecule has 3 rings (SSSR count). The fourth-order valence-corrected chi connectivity index (χ4v) is 3.12. The third-order valence-corrected chi connectivity index (χ3v) is 4.81. The lowest BCUT2D eigenvalue weighted by Gasteiger charge is -2.36. The van der Waals surface area contributed by atoms with Crippen LogP contribution in [0.1, 0.15) is 19.3 Å². The van der Waals surface area contributed by atoms with E-state index in [0.29, 0.717) is 58.1 Å². The standard InChI is InChI=1S/C17H25N5O3/c1-25-13-3-8-18-14(23)17(4-5-17)15(24)21-9-11-22(12-10-21)16-19-6-2-7-20-16/h2,6-7H,3-5,8-13H2,1H3,(H,18,23). The third kappa shape index (κ3) is 3.89. The Morgan fingerprint density at radius 3 is 2.48 bits per heavy atom. The number of nitrogens with zero attached hydrogens (tertiary/aromatic N) is 4. The van der Waals surface area contributed by atoms with Crippen molar-refractivity contribution in [3.05, 3.63) is 18.5 Å². The molecule has 2 heterocycles. The third-order valence-electron chi connectivity index (χ3n) is 4.81. The van der Waals surface area contributed by atoms with E-state index in [2.05, 4.69) is 20.2 Å². The van der Waals surface area contributed by atoms with Crippen LogP contribution in [-0.4, -0.2) is 73.1 Å². The molecule has 1 saturated carbocycles. The van der Waals surface area contributed by atoms with Gasteiger partial charge in [-0.3, -0.25) is 9.59 Å². The van der Waals surface area contributed by atoms with Crippen molar-refractivity contribution < 1.29 is 14.3 Å². The van der Waals surface area contributed by atoms with Crippen molar-refractivity contribution in [2.45, 2.75) is 19.3 Å². The van der Waals surface area contributed by atoms with Crippen LogP contribution in [0.5, 0.6) is 0 Å². The molecule has 1 aliphatic heterocycles. The van der Waals surface area contributed by atoms with Gasteiger partial charge in [-0.25, -0.2) is 9.97 Å². The Morgan fingerprint density at radius 1 is 1.20 bits per heavy atom. The average Bonchev–Trinajstić information content (AvgIpc) is 3.47. The summed E-state index contributed by atoms with van der Waals surface area (Å²) in [6.07, 6.45) is 5.47. The normalized spacial score (nSPS) is 18.8. The maximum Gasteiger partial charge on any atom is 0.238 e. The molecule has 0 spiro atoms. The summed E-state index contributed by atoms with van der Waals surface area (Å²) in [7, 11) is 1.63. The SMILES string of the molecule is COCCCNC(=O)C1(C(=O)N2CCN(c3ncccn3)CC2)CC1. The molecule has 0 unspecified atom stereocenters. The van der Waals surface area contributed by atoms with Crippen molar-refractivity contribution in [2.75, 3.05) is 51.3 Å². The lowest BCUT2D eigenvalue weighted by Crippen LogP contribution is -2.53. The van der Waals surface area contributed by atoms with Gasteiger partial charge in [-0.05, 0) is 25.3 Å². The molecule has 136 valence electrons. The Kier molecular flexibility index (Phi) is 5.47. The quantitative estimate of drug-likeness (QED) is 0.554. The summed E-state index contributed by atoms with van der Waals surface area (Å²) in [6.45, 7) is 3.69. The smallest absolute Gasteiger partial charge is 0.238 e. The average molecular weight is 347 g/mol. The van der Waals surface area contributed by atoms with E-state index >= 15 is 0 Å². The van der Waals surface area contributed by atoms with Crippen LogP contribution in [0.2, 0.25) is 0 Å². The monoisotopic (exact) mass is 347 g/mol. The number of hydrogen-bond acceptors (Lipinski definition) is 6. The van der Waals surface area contributed by atoms with Gasteiger partial charge < -0.3 is 19.9 Å². The van der Waals surface area contributed by atoms with Crippen LogP contribution < -0.4 is 10.2 Å². The molecule has 1 aromatic rings. The summed E-state index contributed by atoms with van der Waals surface area (Å²) in [4.78, 5) is 37.6. The summed E-state index contributed by atoms with van der Waals surface area (Å²) in [5, 5.41) is 2.88. The number of nitrogens with one attached hydrogen (secondary N) is 1. The second kappa shape index (κ2) is 7.77. The second-order valence-electron chi connectivity index (χ2n) is 6.51. The first-order valence-corrected chi connectivity index (χ1v) is 8.76. The highest BCUT2D eigenvalue weighted by Crippen LogP contribution is 2.47. The molecule has 1 N–H and O–H groups in total. The van der Waals surface area contributed by atoms with Gasteiger partial charge in [0.05, 0.1) is 0 Å². The maximum absolute atomic E-state index is 12.8. The van der Waals surface area contributed by atoms with Gasteiger partial charge in [0.25, 0.3) is 0 Å². The van der Waals surface area contributed by atoms with Gasteiger partial charge in [0, 0.05) is 58.8 Å². The first-order chi connectivity index (χ1) is 12.2. The molecule has 0 atom stereocenters. The van der Waals surface area contributed by atoms with E-state index < -0.39 is 5.41 Å². The van der Waals surface area contributed by atoms with Gasteiger partial charge in [-0.15, -0.1) is 0 Å². The lowest BCUT2D eigenvalue weighted by molar-refractivity contribution is -0.144. The number of methoxy groups -OCH3 is 1. The van der Waals surface area contributed by atoms with Gasteiger partial charge in [0.1, 0.15) is 5.41 Å². The van der Waals surface area contributed by atoms with Crippen LogP contribution in [0.15, 0.2) is 18.5 Å². The summed E-state index contributed by atoms with van der Waals surface area (Å²) < 4.78 is 4.97. The van der Waals surface area contributed by atoms with E-state index in [4.69, 9.17) is 4.74 Å². The fraction of sp³-hybridized carbons (Fsp3) is 0.647. The Balaban J connectivity index is 1.51. The largest absolute Gasteiger partial charge is 0.385 e. The minimum atomic E-state index is -0.835. The topological polar surface area (TPSA) is 87.7 Å². The lowest BCUT2D eigenvalue weighted by atomic mass is 10.0. The first kappa shape index (κ1) is 17.6. The van der Waals surface area contributed by atoms with Crippen molar-refractivity contribution in [1.29, 1.82) is 0 Å². The number of anilines is 1.